The van der Waals surface area contributed by atoms with Crippen LogP contribution in [0.3, 0.4) is 0 Å². The predicted molar refractivity (Wildman–Crippen MR) is 156 cm³/mol. The Kier molecular flexibility index (Phi) is 8.21. The molecule has 7 nitrogen and oxygen atoms in total. The predicted octanol–water partition coefficient (Wildman–Crippen LogP) is 8.96. The summed E-state index contributed by atoms with van der Waals surface area (Å²) in [5.74, 6) is -42.8. The number of rotatable bonds is 0. The molecule has 2 aliphatic rings. The van der Waals surface area contributed by atoms with E-state index in [2.05, 4.69) is 34.9 Å². The molecule has 0 spiro atoms. The number of hydrogen-bond acceptors (Lipinski definition) is 5. The van der Waals surface area contributed by atoms with E-state index in [1.807, 2.05) is 0 Å². The van der Waals surface area contributed by atoms with Crippen LogP contribution in [0.5, 0.6) is 0 Å². The first-order chi connectivity index (χ1) is 26.4. The Morgan fingerprint density at radius 1 is 0.298 bits per heavy atom. The monoisotopic (exact) mass is 863 g/mol. The van der Waals surface area contributed by atoms with Crippen molar-refractivity contribution < 1.29 is 89.7 Å². The summed E-state index contributed by atoms with van der Waals surface area (Å²) in [5.41, 5.74) is -12.4. The summed E-state index contributed by atoms with van der Waals surface area (Å²) < 4.78 is 240. The molecule has 8 bridgehead atoms. The van der Waals surface area contributed by atoms with Crippen molar-refractivity contribution >= 4 is 44.0 Å². The van der Waals surface area contributed by atoms with Gasteiger partial charge in [-0.3, -0.25) is 0 Å². The topological polar surface area (TPSA) is 92.7 Å². The molecule has 0 radical (unpaired) electrons. The minimum atomic E-state index is -2.54. The number of fused-ring (bicyclic) bond motifs is 20. The third-order valence-corrected chi connectivity index (χ3v) is 8.71. The summed E-state index contributed by atoms with van der Waals surface area (Å²) in [5, 5.41) is -5.86. The molecule has 2 aliphatic heterocycles. The van der Waals surface area contributed by atoms with E-state index in [0.717, 1.165) is 0 Å². The zero-order valence-corrected chi connectivity index (χ0v) is 29.4. The number of halogens is 16. The quantitative estimate of drug-likeness (QED) is 0.0651. The second-order valence-electron chi connectivity index (χ2n) is 11.7. The van der Waals surface area contributed by atoms with Gasteiger partial charge in [0.1, 0.15) is 0 Å². The van der Waals surface area contributed by atoms with Gasteiger partial charge in [0.15, 0.2) is 93.1 Å². The zero-order chi connectivity index (χ0) is 40.1. The van der Waals surface area contributed by atoms with Gasteiger partial charge in [-0.1, -0.05) is 0 Å². The Hall–Kier alpha value is -6.19. The van der Waals surface area contributed by atoms with Gasteiger partial charge < -0.3 is 24.9 Å². The Morgan fingerprint density at radius 2 is 0.596 bits per heavy atom. The maximum absolute atomic E-state index is 15.4. The van der Waals surface area contributed by atoms with Crippen molar-refractivity contribution in [2.45, 2.75) is 0 Å². The van der Waals surface area contributed by atoms with E-state index in [1.54, 1.807) is 0 Å². The van der Waals surface area contributed by atoms with E-state index >= 15 is 35.1 Å². The first-order valence-corrected chi connectivity index (χ1v) is 14.7. The average molecular weight is 865 g/mol. The first kappa shape index (κ1) is 37.7. The molecule has 9 rings (SSSR count). The molecule has 0 aliphatic carbocycles. The van der Waals surface area contributed by atoms with Crippen LogP contribution in [-0.4, -0.2) is 24.9 Å². The Bertz CT molecular complexity index is 2820. The van der Waals surface area contributed by atoms with Crippen molar-refractivity contribution in [3.63, 3.8) is 0 Å². The smallest absolute Gasteiger partial charge is 0.435 e. The number of benzene rings is 4. The van der Waals surface area contributed by atoms with Gasteiger partial charge in [-0.25, -0.2) is 80.2 Å². The molecule has 4 aromatic carbocycles. The number of nitrogens with zero attached hydrogens (tertiary/aromatic N) is 7. The molecule has 0 saturated carbocycles. The molecule has 0 N–H and O–H groups in total. The summed E-state index contributed by atoms with van der Waals surface area (Å²) in [4.78, 5) is 25.1. The van der Waals surface area contributed by atoms with Crippen LogP contribution in [0.15, 0.2) is 6.07 Å². The van der Waals surface area contributed by atoms with Gasteiger partial charge in [0.2, 0.25) is 0 Å². The van der Waals surface area contributed by atoms with Crippen molar-refractivity contribution in [2.75, 3.05) is 0 Å². The van der Waals surface area contributed by atoms with Gasteiger partial charge in [-0.15, -0.1) is 0 Å². The summed E-state index contributed by atoms with van der Waals surface area (Å²) in [7, 11) is 0. The second-order valence-corrected chi connectivity index (χ2v) is 11.7. The van der Waals surface area contributed by atoms with E-state index in [1.165, 1.54) is 0 Å². The molecule has 5 heterocycles. The Morgan fingerprint density at radius 3 is 1.02 bits per heavy atom. The molecule has 0 amide bonds. The van der Waals surface area contributed by atoms with E-state index < -0.39 is 182 Å². The normalized spacial score (nSPS) is 12.1. The van der Waals surface area contributed by atoms with Gasteiger partial charge >= 0.3 is 19.5 Å². The SMILES string of the molecule is Fc1c(F)c(F)c2c(c1F)-c1cc3[n-]c(nc4nc(nc5[n-]c(nc-2n1)c1c(F)c(F)c(F)c(F)c51)-c1c(F)c(F)c(F)c(F)c1-4)c1c(F)c(F)c(F)c(F)c31.[Zn+2]. The summed E-state index contributed by atoms with van der Waals surface area (Å²) in [6.45, 7) is 0. The van der Waals surface area contributed by atoms with Crippen LogP contribution in [0.2, 0.25) is 0 Å². The number of hydrogen-bond donors (Lipinski definition) is 0. The Labute approximate surface area is 312 Å². The van der Waals surface area contributed by atoms with Gasteiger partial charge in [0.05, 0.1) is 39.9 Å². The molecule has 7 aromatic rings. The molecule has 0 fully saturated rings. The van der Waals surface area contributed by atoms with Crippen LogP contribution < -0.4 is 9.97 Å². The van der Waals surface area contributed by atoms with Gasteiger partial charge in [0.25, 0.3) is 0 Å². The molecule has 3 aromatic heterocycles. The first-order valence-electron chi connectivity index (χ1n) is 14.7. The molecule has 0 saturated heterocycles. The maximum atomic E-state index is 15.4. The Balaban J connectivity index is 0.00000455. The molecule has 57 heavy (non-hydrogen) atoms. The van der Waals surface area contributed by atoms with E-state index in [-0.39, 0.29) is 25.5 Å². The van der Waals surface area contributed by atoms with Crippen LogP contribution in [0.4, 0.5) is 70.2 Å². The van der Waals surface area contributed by atoms with Crippen molar-refractivity contribution in [2.24, 2.45) is 0 Å². The minimum Gasteiger partial charge on any atom is -0.435 e. The van der Waals surface area contributed by atoms with Gasteiger partial charge in [-0.05, 0) is 17.2 Å². The molecule has 282 valence electrons. The fraction of sp³-hybridized carbons (Fsp3) is 0. The fourth-order valence-corrected chi connectivity index (χ4v) is 6.27. The van der Waals surface area contributed by atoms with Crippen LogP contribution in [0.25, 0.3) is 89.4 Å². The molecule has 0 unspecified atom stereocenters. The zero-order valence-electron chi connectivity index (χ0n) is 26.5. The summed E-state index contributed by atoms with van der Waals surface area (Å²) >= 11 is 0. The second kappa shape index (κ2) is 12.4. The van der Waals surface area contributed by atoms with E-state index in [9.17, 15) is 35.1 Å². The minimum absolute atomic E-state index is 0. The van der Waals surface area contributed by atoms with Crippen molar-refractivity contribution in [3.05, 3.63) is 99.1 Å². The van der Waals surface area contributed by atoms with Crippen LogP contribution in [-0.2, 0) is 19.5 Å². The fourth-order valence-electron chi connectivity index (χ4n) is 6.27. The molecular formula is C33HF16N7Zn. The largest absolute Gasteiger partial charge is 2.00 e. The van der Waals surface area contributed by atoms with Gasteiger partial charge in [-0.2, -0.15) is 0 Å². The molecular weight excluding hydrogens is 864 g/mol. The molecule has 24 heteroatoms. The van der Waals surface area contributed by atoms with Crippen molar-refractivity contribution in [3.8, 4) is 45.4 Å². The maximum Gasteiger partial charge on any atom is 2.00 e. The summed E-state index contributed by atoms with van der Waals surface area (Å²) in [6.07, 6.45) is 0. The third kappa shape index (κ3) is 4.81. The molecule has 0 atom stereocenters. The van der Waals surface area contributed by atoms with Crippen LogP contribution in [0.1, 0.15) is 0 Å². The third-order valence-electron chi connectivity index (χ3n) is 8.71. The summed E-state index contributed by atoms with van der Waals surface area (Å²) in [6, 6.07) is 0.290. The average Bonchev–Trinajstić information content (AvgIpc) is 3.92. The van der Waals surface area contributed by atoms with E-state index in [4.69, 9.17) is 0 Å². The van der Waals surface area contributed by atoms with Crippen molar-refractivity contribution in [1.29, 1.82) is 0 Å². The standard InChI is InChI=1S/C33HF16N7.Zn/c34-12-4-2-1-3-5-7(15(37)23(45)21(43)13(5)35)29(51-3)53-31-9-11(19(41)27(49)25(47)17(9)39)33(55-31)56-32-10-8(16(38)24(46)26(48)18(10)40)30(54-32)52-28(50-2)6(4)14(36)22(44)20(12)42;/h1H;/q-2;+2. The van der Waals surface area contributed by atoms with Crippen LogP contribution in [0, 0.1) is 93.1 Å². The van der Waals surface area contributed by atoms with Crippen molar-refractivity contribution in [1.82, 2.24) is 34.9 Å². The van der Waals surface area contributed by atoms with Crippen LogP contribution >= 0.6 is 0 Å². The number of aromatic nitrogens is 7. The van der Waals surface area contributed by atoms with Gasteiger partial charge in [0, 0.05) is 38.4 Å². The van der Waals surface area contributed by atoms with E-state index in [0.29, 0.717) is 0 Å².